The van der Waals surface area contributed by atoms with E-state index >= 15 is 0 Å². The van der Waals surface area contributed by atoms with Gasteiger partial charge in [-0.25, -0.2) is 4.79 Å². The Hall–Kier alpha value is -2.11. The molecule has 1 N–H and O–H groups in total. The Morgan fingerprint density at radius 2 is 1.78 bits per heavy atom. The van der Waals surface area contributed by atoms with Crippen LogP contribution in [0.1, 0.15) is 56.3 Å². The molecule has 4 heterocycles. The molecule has 172 valence electrons. The van der Waals surface area contributed by atoms with E-state index in [9.17, 15) is 9.90 Å². The number of rotatable bonds is 7. The highest BCUT2D eigenvalue weighted by Gasteiger charge is 2.53. The predicted molar refractivity (Wildman–Crippen MR) is 122 cm³/mol. The number of hydrogen-bond acceptors (Lipinski definition) is 4. The van der Waals surface area contributed by atoms with E-state index in [0.717, 1.165) is 82.0 Å². The molecule has 4 aliphatic rings. The van der Waals surface area contributed by atoms with Gasteiger partial charge < -0.3 is 18.7 Å². The summed E-state index contributed by atoms with van der Waals surface area (Å²) in [6.07, 6.45) is 9.54. The van der Waals surface area contributed by atoms with Crippen LogP contribution in [0.15, 0.2) is 53.1 Å². The lowest BCUT2D eigenvalue weighted by atomic mass is 9.75. The van der Waals surface area contributed by atoms with Crippen LogP contribution in [0, 0.1) is 11.8 Å². The first kappa shape index (κ1) is 21.7. The summed E-state index contributed by atoms with van der Waals surface area (Å²) in [5.41, 5.74) is -0.309. The third-order valence-electron chi connectivity index (χ3n) is 8.42. The van der Waals surface area contributed by atoms with Crippen LogP contribution in [0.4, 0.5) is 0 Å². The van der Waals surface area contributed by atoms with Crippen LogP contribution in [0.5, 0.6) is 0 Å². The molecule has 6 rings (SSSR count). The van der Waals surface area contributed by atoms with Crippen LogP contribution in [-0.4, -0.2) is 47.8 Å². The summed E-state index contributed by atoms with van der Waals surface area (Å²) in [5, 5.41) is 11.7. The number of quaternary nitrogens is 1. The number of esters is 1. The number of benzene rings is 1. The number of hydrogen-bond donors (Lipinski definition) is 1. The van der Waals surface area contributed by atoms with Gasteiger partial charge in [0.05, 0.1) is 25.9 Å². The lowest BCUT2D eigenvalue weighted by Crippen LogP contribution is -2.65. The first-order valence-electron chi connectivity index (χ1n) is 12.5. The van der Waals surface area contributed by atoms with E-state index in [-0.39, 0.29) is 12.0 Å². The zero-order valence-corrected chi connectivity index (χ0v) is 19.0. The van der Waals surface area contributed by atoms with Gasteiger partial charge in [0.1, 0.15) is 12.3 Å². The molecule has 1 aromatic carbocycles. The Labute approximate surface area is 191 Å². The van der Waals surface area contributed by atoms with E-state index in [2.05, 4.69) is 30.3 Å². The average molecular weight is 439 g/mol. The monoisotopic (exact) mass is 438 g/mol. The van der Waals surface area contributed by atoms with Crippen molar-refractivity contribution in [3.8, 4) is 0 Å². The molecule has 2 bridgehead atoms. The molecule has 1 saturated carbocycles. The summed E-state index contributed by atoms with van der Waals surface area (Å²) < 4.78 is 12.8. The van der Waals surface area contributed by atoms with E-state index in [1.807, 2.05) is 0 Å². The average Bonchev–Trinajstić information content (AvgIpc) is 3.40. The summed E-state index contributed by atoms with van der Waals surface area (Å²) in [6, 6.07) is 14.1. The van der Waals surface area contributed by atoms with Crippen LogP contribution in [0.2, 0.25) is 0 Å². The SMILES string of the molecule is O=C(O[C@H]1C[N+]2(CCc3ccccc3)CCC1CC2)[C@](O)(c1ccco1)C1CCCCC1. The standard InChI is InChI=1S/C27H36NO4/c29-26(27(30,25-12-7-19-31-25)23-10-5-2-6-11-23)32-24-20-28(17-14-22(24)15-18-28)16-13-21-8-3-1-4-9-21/h1,3-4,7-9,12,19,22-24,30H,2,5-6,10-11,13-18,20H2/q+1/t22?,24-,27+,28?/m0/s1. The van der Waals surface area contributed by atoms with Crippen molar-refractivity contribution >= 4 is 5.97 Å². The highest BCUT2D eigenvalue weighted by atomic mass is 16.6. The maximum atomic E-state index is 13.6. The zero-order chi connectivity index (χ0) is 22.0. The summed E-state index contributed by atoms with van der Waals surface area (Å²) in [4.78, 5) is 13.6. The minimum Gasteiger partial charge on any atom is -0.466 e. The highest BCUT2D eigenvalue weighted by Crippen LogP contribution is 2.42. The van der Waals surface area contributed by atoms with Crippen LogP contribution in [0.3, 0.4) is 0 Å². The summed E-state index contributed by atoms with van der Waals surface area (Å²) in [6.45, 7) is 4.27. The largest absolute Gasteiger partial charge is 0.466 e. The second-order valence-corrected chi connectivity index (χ2v) is 10.3. The van der Waals surface area contributed by atoms with Gasteiger partial charge in [-0.2, -0.15) is 0 Å². The maximum absolute atomic E-state index is 13.6. The Morgan fingerprint density at radius 3 is 2.47 bits per heavy atom. The molecule has 32 heavy (non-hydrogen) atoms. The fourth-order valence-corrected chi connectivity index (χ4v) is 6.39. The summed E-state index contributed by atoms with van der Waals surface area (Å²) in [5.74, 6) is 0.100. The van der Waals surface area contributed by atoms with Crippen molar-refractivity contribution in [2.75, 3.05) is 26.2 Å². The van der Waals surface area contributed by atoms with Gasteiger partial charge in [0.2, 0.25) is 5.60 Å². The molecule has 1 aliphatic carbocycles. The van der Waals surface area contributed by atoms with Gasteiger partial charge in [0, 0.05) is 31.1 Å². The third kappa shape index (κ3) is 4.13. The Bertz CT molecular complexity index is 882. The summed E-state index contributed by atoms with van der Waals surface area (Å²) >= 11 is 0. The lowest BCUT2D eigenvalue weighted by Gasteiger charge is -2.52. The van der Waals surface area contributed by atoms with Gasteiger partial charge in [-0.15, -0.1) is 0 Å². The molecular weight excluding hydrogens is 402 g/mol. The Morgan fingerprint density at radius 1 is 1.03 bits per heavy atom. The highest BCUT2D eigenvalue weighted by molar-refractivity contribution is 5.81. The molecule has 2 atom stereocenters. The molecule has 0 unspecified atom stereocenters. The molecule has 1 aromatic heterocycles. The van der Waals surface area contributed by atoms with Crippen molar-refractivity contribution in [1.29, 1.82) is 0 Å². The van der Waals surface area contributed by atoms with Crippen molar-refractivity contribution in [3.05, 3.63) is 60.1 Å². The number of carbonyl (C=O) groups excluding carboxylic acids is 1. The Kier molecular flexibility index (Phi) is 6.13. The second-order valence-electron chi connectivity index (χ2n) is 10.3. The number of fused-ring (bicyclic) bond motifs is 3. The molecular formula is C27H36NO4+. The topological polar surface area (TPSA) is 59.7 Å². The fraction of sp³-hybridized carbons (Fsp3) is 0.593. The number of aliphatic hydroxyl groups is 1. The van der Waals surface area contributed by atoms with Gasteiger partial charge in [-0.1, -0.05) is 49.6 Å². The zero-order valence-electron chi connectivity index (χ0n) is 19.0. The normalized spacial score (nSPS) is 30.0. The van der Waals surface area contributed by atoms with Crippen molar-refractivity contribution in [3.63, 3.8) is 0 Å². The fourth-order valence-electron chi connectivity index (χ4n) is 6.39. The number of carbonyl (C=O) groups is 1. The van der Waals surface area contributed by atoms with Crippen LogP contribution in [-0.2, 0) is 21.6 Å². The van der Waals surface area contributed by atoms with E-state index in [0.29, 0.717) is 11.7 Å². The number of nitrogens with zero attached hydrogens (tertiary/aromatic N) is 1. The molecule has 5 heteroatoms. The van der Waals surface area contributed by atoms with Crippen molar-refractivity contribution in [1.82, 2.24) is 0 Å². The third-order valence-corrected chi connectivity index (χ3v) is 8.42. The molecule has 2 aromatic rings. The van der Waals surface area contributed by atoms with E-state index in [1.54, 1.807) is 12.1 Å². The van der Waals surface area contributed by atoms with Gasteiger partial charge >= 0.3 is 5.97 Å². The summed E-state index contributed by atoms with van der Waals surface area (Å²) in [7, 11) is 0. The van der Waals surface area contributed by atoms with E-state index < -0.39 is 11.6 Å². The lowest BCUT2D eigenvalue weighted by molar-refractivity contribution is -0.946. The van der Waals surface area contributed by atoms with Gasteiger partial charge in [0.25, 0.3) is 0 Å². The van der Waals surface area contributed by atoms with Gasteiger partial charge in [-0.05, 0) is 30.5 Å². The van der Waals surface area contributed by atoms with Gasteiger partial charge in [-0.3, -0.25) is 0 Å². The minimum atomic E-state index is -1.68. The van der Waals surface area contributed by atoms with Crippen molar-refractivity contribution < 1.29 is 23.5 Å². The molecule has 0 radical (unpaired) electrons. The van der Waals surface area contributed by atoms with Crippen LogP contribution >= 0.6 is 0 Å². The van der Waals surface area contributed by atoms with Crippen LogP contribution in [0.25, 0.3) is 0 Å². The quantitative estimate of drug-likeness (QED) is 0.513. The predicted octanol–water partition coefficient (Wildman–Crippen LogP) is 4.44. The van der Waals surface area contributed by atoms with Gasteiger partial charge in [0.15, 0.2) is 6.10 Å². The smallest absolute Gasteiger partial charge is 0.346 e. The number of furan rings is 1. The maximum Gasteiger partial charge on any atom is 0.346 e. The molecule has 5 nitrogen and oxygen atoms in total. The Balaban J connectivity index is 1.30. The van der Waals surface area contributed by atoms with Crippen molar-refractivity contribution in [2.24, 2.45) is 11.8 Å². The van der Waals surface area contributed by atoms with Crippen LogP contribution < -0.4 is 0 Å². The molecule has 3 saturated heterocycles. The van der Waals surface area contributed by atoms with Crippen molar-refractivity contribution in [2.45, 2.75) is 63.1 Å². The second kappa shape index (κ2) is 9.03. The first-order chi connectivity index (χ1) is 15.6. The first-order valence-corrected chi connectivity index (χ1v) is 12.5. The van der Waals surface area contributed by atoms with E-state index in [4.69, 9.17) is 9.15 Å². The molecule has 3 aliphatic heterocycles. The minimum absolute atomic E-state index is 0.120. The molecule has 4 fully saturated rings. The number of ether oxygens (including phenoxy) is 1. The van der Waals surface area contributed by atoms with E-state index in [1.165, 1.54) is 11.8 Å². The molecule has 0 amide bonds. The number of piperidine rings is 3. The molecule has 0 spiro atoms.